The molecule has 3 heterocycles. The van der Waals surface area contributed by atoms with E-state index in [9.17, 15) is 19.1 Å². The molecule has 2 unspecified atom stereocenters. The average Bonchev–Trinajstić information content (AvgIpc) is 3.05. The maximum Gasteiger partial charge on any atom is 0.240 e. The Labute approximate surface area is 131 Å². The molecule has 0 spiro atoms. The number of imide groups is 1. The number of aliphatic hydroxyl groups excluding tert-OH is 1. The van der Waals surface area contributed by atoms with Crippen LogP contribution in [0.1, 0.15) is 13.3 Å². The van der Waals surface area contributed by atoms with E-state index in [0.717, 1.165) is 11.0 Å². The summed E-state index contributed by atoms with van der Waals surface area (Å²) in [5.74, 6) is -3.10. The third kappa shape index (κ3) is 1.68. The van der Waals surface area contributed by atoms with Crippen LogP contribution in [0, 0.1) is 24.2 Å². The number of aliphatic hydroxyl groups is 1. The van der Waals surface area contributed by atoms with Crippen LogP contribution in [0.25, 0.3) is 4.85 Å². The van der Waals surface area contributed by atoms with Gasteiger partial charge in [-0.25, -0.2) is 14.1 Å². The summed E-state index contributed by atoms with van der Waals surface area (Å²) in [6.45, 7) is 8.57. The molecule has 4 rings (SSSR count). The fourth-order valence-corrected chi connectivity index (χ4v) is 4.13. The second-order valence-corrected chi connectivity index (χ2v) is 6.43. The van der Waals surface area contributed by atoms with Crippen molar-refractivity contribution in [1.29, 1.82) is 0 Å². The Morgan fingerprint density at radius 1 is 1.43 bits per heavy atom. The predicted molar refractivity (Wildman–Crippen MR) is 76.0 cm³/mol. The molecule has 1 aromatic rings. The van der Waals surface area contributed by atoms with Crippen LogP contribution in [-0.4, -0.2) is 34.7 Å². The number of rotatable bonds is 1. The molecule has 0 saturated carbocycles. The molecule has 3 aliphatic rings. The van der Waals surface area contributed by atoms with E-state index in [0.29, 0.717) is 6.42 Å². The number of fused-ring (bicyclic) bond motifs is 5. The van der Waals surface area contributed by atoms with Crippen LogP contribution in [0.15, 0.2) is 18.2 Å². The zero-order valence-electron chi connectivity index (χ0n) is 12.2. The Morgan fingerprint density at radius 2 is 2.17 bits per heavy atom. The lowest BCUT2D eigenvalue weighted by Gasteiger charge is -2.27. The molecule has 2 amide bonds. The van der Waals surface area contributed by atoms with Gasteiger partial charge in [-0.05, 0) is 19.1 Å². The van der Waals surface area contributed by atoms with Gasteiger partial charge in [-0.1, -0.05) is 6.07 Å². The second-order valence-electron chi connectivity index (χ2n) is 6.43. The molecule has 3 saturated heterocycles. The van der Waals surface area contributed by atoms with Crippen molar-refractivity contribution >= 4 is 23.2 Å². The van der Waals surface area contributed by atoms with Crippen molar-refractivity contribution in [3.63, 3.8) is 0 Å². The van der Waals surface area contributed by atoms with E-state index in [1.54, 1.807) is 6.92 Å². The first-order valence-corrected chi connectivity index (χ1v) is 7.28. The molecular formula is C16H13FN2O4. The highest BCUT2D eigenvalue weighted by Gasteiger charge is 2.70. The molecule has 2 bridgehead atoms. The van der Waals surface area contributed by atoms with Crippen LogP contribution in [0.4, 0.5) is 15.8 Å². The first kappa shape index (κ1) is 14.3. The highest BCUT2D eigenvalue weighted by molar-refractivity contribution is 6.23. The van der Waals surface area contributed by atoms with Gasteiger partial charge >= 0.3 is 0 Å². The minimum absolute atomic E-state index is 0.108. The van der Waals surface area contributed by atoms with Crippen LogP contribution < -0.4 is 4.90 Å². The largest absolute Gasteiger partial charge is 0.390 e. The Bertz CT molecular complexity index is 789. The molecule has 1 N–H and O–H groups in total. The van der Waals surface area contributed by atoms with Crippen LogP contribution in [-0.2, 0) is 14.3 Å². The molecule has 1 aromatic carbocycles. The van der Waals surface area contributed by atoms with E-state index in [1.807, 2.05) is 0 Å². The van der Waals surface area contributed by atoms with Gasteiger partial charge in [0.25, 0.3) is 0 Å². The maximum atomic E-state index is 13.8. The zero-order chi connectivity index (χ0) is 16.5. The molecule has 0 radical (unpaired) electrons. The number of nitrogens with zero attached hydrogens (tertiary/aromatic N) is 2. The average molecular weight is 316 g/mol. The standard InChI is InChI=1S/C16H13FN2O4/c1-16-6-10(20)13(23-16)11-12(16)15(22)19(14(11)21)7-3-4-9(18-2)8(17)5-7/h3-5,10-13,20H,6H2,1H3/t10-,11+,12+,13?,16?/m0/s1. The highest BCUT2D eigenvalue weighted by Crippen LogP contribution is 2.55. The van der Waals surface area contributed by atoms with E-state index < -0.39 is 47.3 Å². The van der Waals surface area contributed by atoms with Gasteiger partial charge in [-0.15, -0.1) is 0 Å². The highest BCUT2D eigenvalue weighted by atomic mass is 19.1. The lowest BCUT2D eigenvalue weighted by Crippen LogP contribution is -2.42. The third-order valence-electron chi connectivity index (χ3n) is 5.07. The van der Waals surface area contributed by atoms with Crippen LogP contribution in [0.3, 0.4) is 0 Å². The summed E-state index contributed by atoms with van der Waals surface area (Å²) in [4.78, 5) is 29.4. The van der Waals surface area contributed by atoms with Gasteiger partial charge in [0.15, 0.2) is 0 Å². The zero-order valence-corrected chi connectivity index (χ0v) is 12.2. The molecule has 0 aliphatic carbocycles. The van der Waals surface area contributed by atoms with E-state index in [4.69, 9.17) is 11.3 Å². The number of carbonyl (C=O) groups excluding carboxylic acids is 2. The third-order valence-corrected chi connectivity index (χ3v) is 5.07. The Morgan fingerprint density at radius 3 is 2.83 bits per heavy atom. The molecule has 3 aliphatic heterocycles. The summed E-state index contributed by atoms with van der Waals surface area (Å²) in [6, 6.07) is 3.65. The van der Waals surface area contributed by atoms with Gasteiger partial charge in [0, 0.05) is 6.42 Å². The van der Waals surface area contributed by atoms with E-state index in [2.05, 4.69) is 4.85 Å². The van der Waals surface area contributed by atoms with Gasteiger partial charge in [0.05, 0.1) is 41.9 Å². The molecule has 7 heteroatoms. The molecule has 118 valence electrons. The van der Waals surface area contributed by atoms with Crippen molar-refractivity contribution in [2.75, 3.05) is 4.90 Å². The summed E-state index contributed by atoms with van der Waals surface area (Å²) in [7, 11) is 0. The number of halogens is 1. The van der Waals surface area contributed by atoms with Crippen LogP contribution in [0.5, 0.6) is 0 Å². The number of carbonyl (C=O) groups is 2. The van der Waals surface area contributed by atoms with Gasteiger partial charge < -0.3 is 9.84 Å². The summed E-state index contributed by atoms with van der Waals surface area (Å²) in [5, 5.41) is 10.0. The lowest BCUT2D eigenvalue weighted by atomic mass is 9.73. The minimum atomic E-state index is -0.870. The Balaban J connectivity index is 1.76. The number of benzene rings is 1. The van der Waals surface area contributed by atoms with Crippen molar-refractivity contribution in [2.45, 2.75) is 31.2 Å². The normalized spacial score (nSPS) is 38.1. The van der Waals surface area contributed by atoms with Crippen molar-refractivity contribution in [3.8, 4) is 0 Å². The van der Waals surface area contributed by atoms with Crippen molar-refractivity contribution < 1.29 is 23.8 Å². The quantitative estimate of drug-likeness (QED) is 0.628. The smallest absolute Gasteiger partial charge is 0.240 e. The lowest BCUT2D eigenvalue weighted by molar-refractivity contribution is -0.127. The van der Waals surface area contributed by atoms with Gasteiger partial charge in [-0.3, -0.25) is 9.59 Å². The SMILES string of the molecule is [C-]#[N+]c1ccc(N2C(=O)[C@H]3C4OC(C)(C[C@@H]4O)[C@H]3C2=O)cc1F. The molecule has 3 fully saturated rings. The van der Waals surface area contributed by atoms with Gasteiger partial charge in [0.1, 0.15) is 5.82 Å². The summed E-state index contributed by atoms with van der Waals surface area (Å²) in [5.41, 5.74) is -0.929. The maximum absolute atomic E-state index is 13.8. The van der Waals surface area contributed by atoms with Gasteiger partial charge in [0.2, 0.25) is 17.5 Å². The molecule has 6 nitrogen and oxygen atoms in total. The summed E-state index contributed by atoms with van der Waals surface area (Å²) in [6.07, 6.45) is -1.17. The van der Waals surface area contributed by atoms with Crippen molar-refractivity contribution in [3.05, 3.63) is 35.4 Å². The summed E-state index contributed by atoms with van der Waals surface area (Å²) >= 11 is 0. The Kier molecular flexibility index (Phi) is 2.72. The van der Waals surface area contributed by atoms with E-state index in [-0.39, 0.29) is 11.4 Å². The molecular weight excluding hydrogens is 303 g/mol. The first-order valence-electron chi connectivity index (χ1n) is 7.28. The summed E-state index contributed by atoms with van der Waals surface area (Å²) < 4.78 is 19.5. The fourth-order valence-electron chi connectivity index (χ4n) is 4.13. The van der Waals surface area contributed by atoms with E-state index >= 15 is 0 Å². The monoisotopic (exact) mass is 316 g/mol. The van der Waals surface area contributed by atoms with Gasteiger partial charge in [-0.2, -0.15) is 0 Å². The topological polar surface area (TPSA) is 71.2 Å². The molecule has 0 aromatic heterocycles. The van der Waals surface area contributed by atoms with Crippen molar-refractivity contribution in [2.24, 2.45) is 11.8 Å². The second kappa shape index (κ2) is 4.37. The Hall–Kier alpha value is -2.30. The van der Waals surface area contributed by atoms with Crippen molar-refractivity contribution in [1.82, 2.24) is 0 Å². The number of anilines is 1. The van der Waals surface area contributed by atoms with E-state index in [1.165, 1.54) is 12.1 Å². The number of ether oxygens (including phenoxy) is 1. The predicted octanol–water partition coefficient (Wildman–Crippen LogP) is 1.40. The molecule has 5 atom stereocenters. The fraction of sp³-hybridized carbons (Fsp3) is 0.438. The van der Waals surface area contributed by atoms with Crippen LogP contribution in [0.2, 0.25) is 0 Å². The number of hydrogen-bond acceptors (Lipinski definition) is 4. The minimum Gasteiger partial charge on any atom is -0.390 e. The number of hydrogen-bond donors (Lipinski definition) is 1. The molecule has 23 heavy (non-hydrogen) atoms. The number of amides is 2. The van der Waals surface area contributed by atoms with Crippen LogP contribution >= 0.6 is 0 Å². The first-order chi connectivity index (χ1) is 10.9.